The van der Waals surface area contributed by atoms with Crippen LogP contribution in [0.3, 0.4) is 0 Å². The van der Waals surface area contributed by atoms with Gasteiger partial charge in [0, 0.05) is 23.8 Å². The highest BCUT2D eigenvalue weighted by molar-refractivity contribution is 5.86. The van der Waals surface area contributed by atoms with Gasteiger partial charge in [-0.25, -0.2) is 4.79 Å². The Balaban J connectivity index is 1.57. The van der Waals surface area contributed by atoms with Gasteiger partial charge in [-0.15, -0.1) is 10.2 Å². The number of rotatable bonds is 6. The number of nitrogens with zero attached hydrogens (tertiary/aromatic N) is 4. The van der Waals surface area contributed by atoms with E-state index in [4.69, 9.17) is 4.74 Å². The summed E-state index contributed by atoms with van der Waals surface area (Å²) < 4.78 is 5.05. The molecule has 1 aromatic heterocycles. The first-order valence-electron chi connectivity index (χ1n) is 10.6. The van der Waals surface area contributed by atoms with Gasteiger partial charge in [0.25, 0.3) is 0 Å². The normalized spacial score (nSPS) is 17.6. The zero-order chi connectivity index (χ0) is 22.5. The van der Waals surface area contributed by atoms with E-state index in [2.05, 4.69) is 20.6 Å². The van der Waals surface area contributed by atoms with Crippen molar-refractivity contribution in [1.82, 2.24) is 25.5 Å². The average molecular weight is 431 g/mol. The van der Waals surface area contributed by atoms with Crippen molar-refractivity contribution in [2.45, 2.75) is 33.2 Å². The average Bonchev–Trinajstić information content (AvgIpc) is 3.32. The number of allylic oxidation sites excluding steroid dienone is 1. The van der Waals surface area contributed by atoms with E-state index in [1.165, 1.54) is 6.08 Å². The number of esters is 1. The van der Waals surface area contributed by atoms with Gasteiger partial charge in [0.2, 0.25) is 11.7 Å². The van der Waals surface area contributed by atoms with Gasteiger partial charge in [0.15, 0.2) is 0 Å². The highest BCUT2D eigenvalue weighted by atomic mass is 16.5. The molecule has 1 atom stereocenters. The molecule has 32 heavy (non-hydrogen) atoms. The number of ether oxygens (including phenoxy) is 1. The van der Waals surface area contributed by atoms with Crippen LogP contribution in [-0.2, 0) is 20.9 Å². The van der Waals surface area contributed by atoms with Crippen LogP contribution < -0.4 is 0 Å². The second-order valence-corrected chi connectivity index (χ2v) is 7.86. The molecule has 8 nitrogen and oxygen atoms in total. The second kappa shape index (κ2) is 9.55. The van der Waals surface area contributed by atoms with Crippen LogP contribution in [0.1, 0.15) is 32.3 Å². The van der Waals surface area contributed by atoms with E-state index < -0.39 is 5.97 Å². The summed E-state index contributed by atoms with van der Waals surface area (Å²) in [5, 5.41) is 14.3. The summed E-state index contributed by atoms with van der Waals surface area (Å²) >= 11 is 0. The quantitative estimate of drug-likeness (QED) is 0.471. The van der Waals surface area contributed by atoms with Crippen molar-refractivity contribution in [3.63, 3.8) is 0 Å². The Bertz CT molecular complexity index is 1120. The van der Waals surface area contributed by atoms with E-state index >= 15 is 0 Å². The number of piperidine rings is 1. The van der Waals surface area contributed by atoms with E-state index in [-0.39, 0.29) is 11.8 Å². The minimum Gasteiger partial charge on any atom is -0.463 e. The molecule has 3 aromatic rings. The molecule has 1 amide bonds. The number of benzene rings is 2. The van der Waals surface area contributed by atoms with Gasteiger partial charge in [-0.05, 0) is 41.2 Å². The highest BCUT2D eigenvalue weighted by Crippen LogP contribution is 2.31. The van der Waals surface area contributed by atoms with Gasteiger partial charge >= 0.3 is 5.97 Å². The summed E-state index contributed by atoms with van der Waals surface area (Å²) in [6.07, 6.45) is 2.59. The van der Waals surface area contributed by atoms with E-state index in [9.17, 15) is 9.59 Å². The summed E-state index contributed by atoms with van der Waals surface area (Å²) in [6.45, 7) is 4.49. The molecule has 0 spiro atoms. The third kappa shape index (κ3) is 4.74. The van der Waals surface area contributed by atoms with Crippen LogP contribution in [-0.4, -0.2) is 44.0 Å². The Labute approximate surface area is 186 Å². The first kappa shape index (κ1) is 21.4. The first-order chi connectivity index (χ1) is 15.5. The van der Waals surface area contributed by atoms with Crippen molar-refractivity contribution in [3.8, 4) is 22.5 Å². The third-order valence-electron chi connectivity index (χ3n) is 5.42. The first-order valence-corrected chi connectivity index (χ1v) is 10.6. The number of carbonyl (C=O) groups excluding carboxylic acids is 2. The standard InChI is InChI=1S/C24H25N5O3/c1-3-32-23(31)14-19-12-16(2)13-22(30)29(19)15-17-8-10-18(11-9-17)20-6-4-5-7-21(20)24-25-27-28-26-24/h4-11,14,16H,3,12-13,15H2,1-2H3,(H,25,26,27,28)/b19-14+. The van der Waals surface area contributed by atoms with Crippen molar-refractivity contribution in [3.05, 3.63) is 65.9 Å². The number of H-pyrrole nitrogens is 1. The van der Waals surface area contributed by atoms with E-state index in [1.807, 2.05) is 55.5 Å². The van der Waals surface area contributed by atoms with Gasteiger partial charge in [0.05, 0.1) is 13.2 Å². The lowest BCUT2D eigenvalue weighted by molar-refractivity contribution is -0.137. The van der Waals surface area contributed by atoms with E-state index in [0.717, 1.165) is 22.3 Å². The lowest BCUT2D eigenvalue weighted by atomic mass is 9.94. The summed E-state index contributed by atoms with van der Waals surface area (Å²) in [4.78, 5) is 26.4. The van der Waals surface area contributed by atoms with Gasteiger partial charge in [-0.3, -0.25) is 4.79 Å². The number of hydrogen-bond acceptors (Lipinski definition) is 6. The summed E-state index contributed by atoms with van der Waals surface area (Å²) in [6, 6.07) is 15.9. The summed E-state index contributed by atoms with van der Waals surface area (Å²) in [7, 11) is 0. The topological polar surface area (TPSA) is 101 Å². The molecule has 0 aliphatic carbocycles. The minimum atomic E-state index is -0.414. The molecule has 1 aliphatic heterocycles. The highest BCUT2D eigenvalue weighted by Gasteiger charge is 2.28. The van der Waals surface area contributed by atoms with Crippen LogP contribution in [0, 0.1) is 5.92 Å². The molecule has 2 aromatic carbocycles. The fraction of sp³-hybridized carbons (Fsp3) is 0.292. The molecular weight excluding hydrogens is 406 g/mol. The molecule has 0 radical (unpaired) electrons. The predicted octanol–water partition coefficient (Wildman–Crippen LogP) is 3.74. The van der Waals surface area contributed by atoms with Crippen LogP contribution in [0.4, 0.5) is 0 Å². The lowest BCUT2D eigenvalue weighted by Crippen LogP contribution is -2.36. The van der Waals surface area contributed by atoms with Crippen LogP contribution >= 0.6 is 0 Å². The van der Waals surface area contributed by atoms with Crippen LogP contribution in [0.2, 0.25) is 0 Å². The summed E-state index contributed by atoms with van der Waals surface area (Å²) in [5.41, 5.74) is 4.57. The van der Waals surface area contributed by atoms with Gasteiger partial charge in [-0.2, -0.15) is 5.21 Å². The molecule has 4 rings (SSSR count). The Morgan fingerprint density at radius 1 is 1.16 bits per heavy atom. The van der Waals surface area contributed by atoms with Crippen LogP contribution in [0.5, 0.6) is 0 Å². The fourth-order valence-electron chi connectivity index (χ4n) is 3.93. The number of tetrazole rings is 1. The smallest absolute Gasteiger partial charge is 0.332 e. The van der Waals surface area contributed by atoms with Crippen LogP contribution in [0.25, 0.3) is 22.5 Å². The zero-order valence-corrected chi connectivity index (χ0v) is 18.1. The Morgan fingerprint density at radius 2 is 1.91 bits per heavy atom. The van der Waals surface area contributed by atoms with Gasteiger partial charge in [0.1, 0.15) is 0 Å². The van der Waals surface area contributed by atoms with Crippen molar-refractivity contribution >= 4 is 11.9 Å². The molecule has 1 unspecified atom stereocenters. The number of hydrogen-bond donors (Lipinski definition) is 1. The number of carbonyl (C=O) groups is 2. The molecule has 164 valence electrons. The molecule has 1 fully saturated rings. The van der Waals surface area contributed by atoms with E-state index in [0.29, 0.717) is 37.5 Å². The number of amides is 1. The van der Waals surface area contributed by atoms with Gasteiger partial charge < -0.3 is 9.64 Å². The van der Waals surface area contributed by atoms with Crippen LogP contribution in [0.15, 0.2) is 60.3 Å². The minimum absolute atomic E-state index is 0.0193. The Morgan fingerprint density at radius 3 is 2.59 bits per heavy atom. The zero-order valence-electron chi connectivity index (χ0n) is 18.1. The third-order valence-corrected chi connectivity index (χ3v) is 5.42. The number of likely N-dealkylation sites (tertiary alicyclic amines) is 1. The van der Waals surface area contributed by atoms with Crippen molar-refractivity contribution < 1.29 is 14.3 Å². The lowest BCUT2D eigenvalue weighted by Gasteiger charge is -2.33. The molecule has 0 saturated carbocycles. The maximum absolute atomic E-state index is 12.7. The number of aromatic nitrogens is 4. The second-order valence-electron chi connectivity index (χ2n) is 7.86. The summed E-state index contributed by atoms with van der Waals surface area (Å²) in [5.74, 6) is 0.337. The molecule has 0 bridgehead atoms. The van der Waals surface area contributed by atoms with Crippen molar-refractivity contribution in [2.75, 3.05) is 6.61 Å². The number of nitrogens with one attached hydrogen (secondary N) is 1. The van der Waals surface area contributed by atoms with E-state index in [1.54, 1.807) is 11.8 Å². The SMILES string of the molecule is CCOC(=O)/C=C1\CC(C)CC(=O)N1Cc1ccc(-c2ccccc2-c2nn[nH]n2)cc1. The fourth-order valence-corrected chi connectivity index (χ4v) is 3.93. The van der Waals surface area contributed by atoms with Gasteiger partial charge in [-0.1, -0.05) is 55.5 Å². The van der Waals surface area contributed by atoms with Crippen molar-refractivity contribution in [2.24, 2.45) is 5.92 Å². The maximum atomic E-state index is 12.7. The predicted molar refractivity (Wildman–Crippen MR) is 119 cm³/mol. The molecule has 1 saturated heterocycles. The molecule has 1 aliphatic rings. The monoisotopic (exact) mass is 431 g/mol. The molecule has 8 heteroatoms. The Hall–Kier alpha value is -3.81. The largest absolute Gasteiger partial charge is 0.463 e. The molecular formula is C24H25N5O3. The molecule has 1 N–H and O–H groups in total. The Kier molecular flexibility index (Phi) is 6.39. The maximum Gasteiger partial charge on any atom is 0.332 e. The number of aromatic amines is 1. The molecule has 2 heterocycles. The van der Waals surface area contributed by atoms with Crippen molar-refractivity contribution in [1.29, 1.82) is 0 Å².